The third kappa shape index (κ3) is 2.94. The molecule has 3 N–H and O–H groups in total. The smallest absolute Gasteiger partial charge is 0.0754 e. The number of nitrogens with two attached hydrogens (primary N) is 1. The van der Waals surface area contributed by atoms with Crippen LogP contribution in [0, 0.1) is 0 Å². The topological polar surface area (TPSA) is 50.9 Å². The fraction of sp³-hybridized carbons (Fsp3) is 0.154. The van der Waals surface area contributed by atoms with E-state index in [4.69, 9.17) is 17.3 Å². The highest BCUT2D eigenvalue weighted by molar-refractivity contribution is 9.10. The first kappa shape index (κ1) is 13.2. The zero-order valence-electron chi connectivity index (χ0n) is 9.82. The van der Waals surface area contributed by atoms with Crippen molar-refractivity contribution in [3.8, 4) is 0 Å². The number of nitrogens with one attached hydrogen (secondary N) is 1. The molecule has 0 fully saturated rings. The summed E-state index contributed by atoms with van der Waals surface area (Å²) in [5.41, 5.74) is 8.45. The van der Waals surface area contributed by atoms with Crippen molar-refractivity contribution in [2.75, 3.05) is 11.1 Å². The number of benzene rings is 1. The van der Waals surface area contributed by atoms with Gasteiger partial charge >= 0.3 is 0 Å². The van der Waals surface area contributed by atoms with Gasteiger partial charge in [0.2, 0.25) is 0 Å². The van der Waals surface area contributed by atoms with E-state index in [9.17, 15) is 0 Å². The van der Waals surface area contributed by atoms with E-state index in [1.54, 1.807) is 12.4 Å². The summed E-state index contributed by atoms with van der Waals surface area (Å²) in [6.45, 7) is 2.05. The summed E-state index contributed by atoms with van der Waals surface area (Å²) >= 11 is 9.41. The number of halogens is 2. The van der Waals surface area contributed by atoms with Crippen molar-refractivity contribution in [2.24, 2.45) is 0 Å². The molecular formula is C13H13BrClN3. The van der Waals surface area contributed by atoms with Gasteiger partial charge in [-0.3, -0.25) is 4.98 Å². The Morgan fingerprint density at radius 1 is 1.39 bits per heavy atom. The quantitative estimate of drug-likeness (QED) is 0.886. The number of nitrogen functional groups attached to an aromatic ring is 1. The molecule has 0 saturated carbocycles. The lowest BCUT2D eigenvalue weighted by Crippen LogP contribution is -2.09. The van der Waals surface area contributed by atoms with Gasteiger partial charge in [0, 0.05) is 17.3 Å². The second-order valence-electron chi connectivity index (χ2n) is 4.01. The lowest BCUT2D eigenvalue weighted by atomic mass is 10.1. The standard InChI is InChI=1S/C13H13BrClN3/c1-8(9-3-2-4-10(15)5-9)18-13-11(14)6-17-7-12(13)16/h2-8H,16H2,1H3,(H,17,18). The molecule has 0 amide bonds. The van der Waals surface area contributed by atoms with Gasteiger partial charge in [0.25, 0.3) is 0 Å². The number of nitrogens with zero attached hydrogens (tertiary/aromatic N) is 1. The molecule has 0 bridgehead atoms. The Morgan fingerprint density at radius 3 is 2.83 bits per heavy atom. The number of aromatic nitrogens is 1. The van der Waals surface area contributed by atoms with Crippen molar-refractivity contribution < 1.29 is 0 Å². The molecule has 2 aromatic rings. The SMILES string of the molecule is CC(Nc1c(N)cncc1Br)c1cccc(Cl)c1. The van der Waals surface area contributed by atoms with E-state index in [-0.39, 0.29) is 6.04 Å². The molecule has 94 valence electrons. The summed E-state index contributed by atoms with van der Waals surface area (Å²) in [6, 6.07) is 7.85. The summed E-state index contributed by atoms with van der Waals surface area (Å²) < 4.78 is 0.844. The maximum atomic E-state index is 5.98. The summed E-state index contributed by atoms with van der Waals surface area (Å²) in [6.07, 6.45) is 3.33. The molecule has 1 atom stereocenters. The average Bonchev–Trinajstić information content (AvgIpc) is 2.34. The van der Waals surface area contributed by atoms with Crippen LogP contribution >= 0.6 is 27.5 Å². The monoisotopic (exact) mass is 325 g/mol. The highest BCUT2D eigenvalue weighted by Gasteiger charge is 2.10. The zero-order valence-corrected chi connectivity index (χ0v) is 12.2. The molecule has 1 aromatic heterocycles. The van der Waals surface area contributed by atoms with E-state index in [2.05, 4.69) is 33.2 Å². The highest BCUT2D eigenvalue weighted by atomic mass is 79.9. The van der Waals surface area contributed by atoms with Crippen LogP contribution in [0.3, 0.4) is 0 Å². The Labute approximate surface area is 119 Å². The highest BCUT2D eigenvalue weighted by Crippen LogP contribution is 2.31. The first-order chi connectivity index (χ1) is 8.58. The molecule has 0 aliphatic rings. The minimum Gasteiger partial charge on any atom is -0.396 e. The van der Waals surface area contributed by atoms with Gasteiger partial charge in [0.05, 0.1) is 22.0 Å². The Morgan fingerprint density at radius 2 is 2.17 bits per heavy atom. The van der Waals surface area contributed by atoms with Crippen molar-refractivity contribution in [2.45, 2.75) is 13.0 Å². The van der Waals surface area contributed by atoms with Crippen LogP contribution < -0.4 is 11.1 Å². The van der Waals surface area contributed by atoms with E-state index in [1.807, 2.05) is 24.3 Å². The Balaban J connectivity index is 2.24. The van der Waals surface area contributed by atoms with E-state index in [1.165, 1.54) is 0 Å². The van der Waals surface area contributed by atoms with Crippen LogP contribution in [-0.2, 0) is 0 Å². The van der Waals surface area contributed by atoms with Crippen LogP contribution in [0.1, 0.15) is 18.5 Å². The van der Waals surface area contributed by atoms with E-state index in [0.717, 1.165) is 20.7 Å². The van der Waals surface area contributed by atoms with Crippen molar-refractivity contribution in [1.82, 2.24) is 4.98 Å². The lowest BCUT2D eigenvalue weighted by molar-refractivity contribution is 0.883. The Kier molecular flexibility index (Phi) is 4.09. The Bertz CT molecular complexity index is 539. The van der Waals surface area contributed by atoms with Crippen LogP contribution in [0.5, 0.6) is 0 Å². The van der Waals surface area contributed by atoms with E-state index in [0.29, 0.717) is 5.69 Å². The van der Waals surface area contributed by atoms with Crippen LogP contribution in [0.25, 0.3) is 0 Å². The van der Waals surface area contributed by atoms with Crippen molar-refractivity contribution in [3.63, 3.8) is 0 Å². The molecule has 0 radical (unpaired) electrons. The van der Waals surface area contributed by atoms with Gasteiger partial charge < -0.3 is 11.1 Å². The minimum atomic E-state index is 0.102. The molecule has 0 aliphatic carbocycles. The molecule has 1 unspecified atom stereocenters. The van der Waals surface area contributed by atoms with Gasteiger partial charge in [0.15, 0.2) is 0 Å². The number of hydrogen-bond donors (Lipinski definition) is 2. The van der Waals surface area contributed by atoms with Crippen LogP contribution in [0.15, 0.2) is 41.1 Å². The lowest BCUT2D eigenvalue weighted by Gasteiger charge is -2.18. The predicted molar refractivity (Wildman–Crippen MR) is 79.8 cm³/mol. The summed E-state index contributed by atoms with van der Waals surface area (Å²) in [5, 5.41) is 4.08. The summed E-state index contributed by atoms with van der Waals surface area (Å²) in [4.78, 5) is 4.01. The minimum absolute atomic E-state index is 0.102. The van der Waals surface area contributed by atoms with Gasteiger partial charge in [-0.05, 0) is 40.5 Å². The van der Waals surface area contributed by atoms with Crippen LogP contribution in [-0.4, -0.2) is 4.98 Å². The van der Waals surface area contributed by atoms with Crippen LogP contribution in [0.4, 0.5) is 11.4 Å². The predicted octanol–water partition coefficient (Wildman–Crippen LogP) is 4.25. The van der Waals surface area contributed by atoms with Gasteiger partial charge in [0.1, 0.15) is 0 Å². The maximum absolute atomic E-state index is 5.98. The maximum Gasteiger partial charge on any atom is 0.0754 e. The zero-order chi connectivity index (χ0) is 13.1. The molecule has 0 spiro atoms. The molecule has 1 heterocycles. The van der Waals surface area contributed by atoms with Crippen LogP contribution in [0.2, 0.25) is 5.02 Å². The number of anilines is 2. The molecule has 1 aromatic carbocycles. The molecule has 0 saturated heterocycles. The number of hydrogen-bond acceptors (Lipinski definition) is 3. The molecule has 0 aliphatic heterocycles. The summed E-state index contributed by atoms with van der Waals surface area (Å²) in [5.74, 6) is 0. The largest absolute Gasteiger partial charge is 0.396 e. The molecule has 5 heteroatoms. The van der Waals surface area contributed by atoms with Gasteiger partial charge in [-0.2, -0.15) is 0 Å². The molecule has 18 heavy (non-hydrogen) atoms. The number of rotatable bonds is 3. The molecule has 3 nitrogen and oxygen atoms in total. The molecular weight excluding hydrogens is 314 g/mol. The van der Waals surface area contributed by atoms with Gasteiger partial charge in [-0.25, -0.2) is 0 Å². The van der Waals surface area contributed by atoms with Crippen molar-refractivity contribution in [1.29, 1.82) is 0 Å². The fourth-order valence-corrected chi connectivity index (χ4v) is 2.34. The van der Waals surface area contributed by atoms with Crippen molar-refractivity contribution in [3.05, 3.63) is 51.7 Å². The van der Waals surface area contributed by atoms with E-state index < -0.39 is 0 Å². The van der Waals surface area contributed by atoms with Crippen molar-refractivity contribution >= 4 is 38.9 Å². The second kappa shape index (κ2) is 5.59. The fourth-order valence-electron chi connectivity index (χ4n) is 1.68. The van der Waals surface area contributed by atoms with Gasteiger partial charge in [-0.15, -0.1) is 0 Å². The Hall–Kier alpha value is -1.26. The van der Waals surface area contributed by atoms with E-state index >= 15 is 0 Å². The molecule has 2 rings (SSSR count). The normalized spacial score (nSPS) is 12.2. The first-order valence-corrected chi connectivity index (χ1v) is 6.66. The third-order valence-electron chi connectivity index (χ3n) is 2.64. The average molecular weight is 327 g/mol. The third-order valence-corrected chi connectivity index (χ3v) is 3.47. The summed E-state index contributed by atoms with van der Waals surface area (Å²) in [7, 11) is 0. The number of pyridine rings is 1. The second-order valence-corrected chi connectivity index (χ2v) is 5.30. The first-order valence-electron chi connectivity index (χ1n) is 5.49. The van der Waals surface area contributed by atoms with Gasteiger partial charge in [-0.1, -0.05) is 23.7 Å².